The fraction of sp³-hybridized carbons (Fsp3) is 0.421. The minimum atomic E-state index is -0.671. The molecular weight excluding hydrogens is 378 g/mol. The van der Waals surface area contributed by atoms with Crippen molar-refractivity contribution in [2.45, 2.75) is 26.7 Å². The van der Waals surface area contributed by atoms with Crippen molar-refractivity contribution in [3.63, 3.8) is 0 Å². The summed E-state index contributed by atoms with van der Waals surface area (Å²) in [6.07, 6.45) is 1.55. The fourth-order valence-corrected chi connectivity index (χ4v) is 3.75. The third-order valence-corrected chi connectivity index (χ3v) is 5.71. The number of rotatable bonds is 4. The number of carbonyl (C=O) groups is 3. The highest BCUT2D eigenvalue weighted by atomic mass is 32.1. The second-order valence-corrected chi connectivity index (χ2v) is 7.66. The molecule has 0 saturated carbocycles. The van der Waals surface area contributed by atoms with Crippen molar-refractivity contribution in [1.82, 2.24) is 19.8 Å². The zero-order valence-electron chi connectivity index (χ0n) is 15.9. The topological polar surface area (TPSA) is 104 Å². The molecule has 0 unspecified atom stereocenters. The molecule has 1 aromatic heterocycles. The number of amides is 3. The first kappa shape index (κ1) is 19.9. The number of aryl methyl sites for hydroxylation is 2. The van der Waals surface area contributed by atoms with E-state index in [0.717, 1.165) is 29.9 Å². The second-order valence-electron chi connectivity index (χ2n) is 6.90. The van der Waals surface area contributed by atoms with Gasteiger partial charge in [-0.2, -0.15) is 0 Å². The standard InChI is InChI=1S/C19H23N5O3S/c1-12-5-3-4-6-15(12)21-18(26)17(25)20-11-14-7-9-24(10-8-14)19(27)16-13(2)22-23-28-16/h3-6,14H,7-11H2,1-2H3,(H,20,25)(H,21,26). The maximum Gasteiger partial charge on any atom is 0.313 e. The molecule has 2 aromatic rings. The largest absolute Gasteiger partial charge is 0.348 e. The van der Waals surface area contributed by atoms with Gasteiger partial charge in [0.05, 0.1) is 5.69 Å². The van der Waals surface area contributed by atoms with Crippen LogP contribution in [0.2, 0.25) is 0 Å². The minimum Gasteiger partial charge on any atom is -0.348 e. The van der Waals surface area contributed by atoms with E-state index < -0.39 is 11.8 Å². The van der Waals surface area contributed by atoms with Gasteiger partial charge >= 0.3 is 11.8 Å². The summed E-state index contributed by atoms with van der Waals surface area (Å²) in [7, 11) is 0. The van der Waals surface area contributed by atoms with E-state index >= 15 is 0 Å². The van der Waals surface area contributed by atoms with E-state index in [2.05, 4.69) is 20.2 Å². The summed E-state index contributed by atoms with van der Waals surface area (Å²) in [5, 5.41) is 9.21. The Bertz CT molecular complexity index is 874. The lowest BCUT2D eigenvalue weighted by molar-refractivity contribution is -0.136. The highest BCUT2D eigenvalue weighted by molar-refractivity contribution is 7.07. The van der Waals surface area contributed by atoms with Crippen molar-refractivity contribution in [3.8, 4) is 0 Å². The second kappa shape index (κ2) is 8.92. The third kappa shape index (κ3) is 4.72. The van der Waals surface area contributed by atoms with E-state index in [0.29, 0.717) is 35.9 Å². The molecule has 3 amide bonds. The van der Waals surface area contributed by atoms with E-state index in [1.807, 2.05) is 19.1 Å². The Morgan fingerprint density at radius 2 is 1.86 bits per heavy atom. The van der Waals surface area contributed by atoms with Crippen LogP contribution < -0.4 is 10.6 Å². The van der Waals surface area contributed by atoms with Crippen LogP contribution in [0.3, 0.4) is 0 Å². The summed E-state index contributed by atoms with van der Waals surface area (Å²) < 4.78 is 3.81. The number of piperidine rings is 1. The number of aromatic nitrogens is 2. The molecule has 1 saturated heterocycles. The van der Waals surface area contributed by atoms with Gasteiger partial charge < -0.3 is 15.5 Å². The Labute approximate surface area is 167 Å². The number of hydrogen-bond acceptors (Lipinski definition) is 6. The Balaban J connectivity index is 1.43. The quantitative estimate of drug-likeness (QED) is 0.760. The van der Waals surface area contributed by atoms with Crippen molar-refractivity contribution in [1.29, 1.82) is 0 Å². The average Bonchev–Trinajstić information content (AvgIpc) is 3.13. The molecule has 2 N–H and O–H groups in total. The van der Waals surface area contributed by atoms with E-state index in [9.17, 15) is 14.4 Å². The van der Waals surface area contributed by atoms with E-state index in [1.54, 1.807) is 24.0 Å². The maximum absolute atomic E-state index is 12.5. The molecule has 0 radical (unpaired) electrons. The van der Waals surface area contributed by atoms with Gasteiger partial charge in [0.15, 0.2) is 0 Å². The molecule has 28 heavy (non-hydrogen) atoms. The number of anilines is 1. The molecule has 0 bridgehead atoms. The maximum atomic E-state index is 12.5. The summed E-state index contributed by atoms with van der Waals surface area (Å²) in [5.74, 6) is -1.12. The monoisotopic (exact) mass is 401 g/mol. The number of carbonyl (C=O) groups excluding carboxylic acids is 3. The number of para-hydroxylation sites is 1. The first-order valence-corrected chi connectivity index (χ1v) is 9.96. The zero-order valence-corrected chi connectivity index (χ0v) is 16.7. The number of nitrogens with one attached hydrogen (secondary N) is 2. The van der Waals surface area contributed by atoms with Crippen molar-refractivity contribution >= 4 is 34.9 Å². The van der Waals surface area contributed by atoms with Gasteiger partial charge in [0.25, 0.3) is 5.91 Å². The van der Waals surface area contributed by atoms with Gasteiger partial charge in [-0.05, 0) is 55.8 Å². The number of hydrogen-bond donors (Lipinski definition) is 2. The van der Waals surface area contributed by atoms with Crippen molar-refractivity contribution in [3.05, 3.63) is 40.4 Å². The van der Waals surface area contributed by atoms with Gasteiger partial charge in [-0.3, -0.25) is 14.4 Å². The lowest BCUT2D eigenvalue weighted by atomic mass is 9.96. The molecule has 1 fully saturated rings. The van der Waals surface area contributed by atoms with Gasteiger partial charge in [-0.1, -0.05) is 22.7 Å². The Morgan fingerprint density at radius 1 is 1.14 bits per heavy atom. The van der Waals surface area contributed by atoms with Crippen LogP contribution in [0.1, 0.15) is 33.8 Å². The molecule has 0 atom stereocenters. The Kier molecular flexibility index (Phi) is 6.35. The smallest absolute Gasteiger partial charge is 0.313 e. The molecule has 2 heterocycles. The van der Waals surface area contributed by atoms with Crippen molar-refractivity contribution < 1.29 is 14.4 Å². The summed E-state index contributed by atoms with van der Waals surface area (Å²) in [4.78, 5) is 39.0. The van der Waals surface area contributed by atoms with Gasteiger partial charge in [0, 0.05) is 25.3 Å². The van der Waals surface area contributed by atoms with Crippen LogP contribution in [-0.2, 0) is 9.59 Å². The van der Waals surface area contributed by atoms with Gasteiger partial charge in [0.1, 0.15) is 4.88 Å². The number of likely N-dealkylation sites (tertiary alicyclic amines) is 1. The first-order valence-electron chi connectivity index (χ1n) is 9.18. The fourth-order valence-electron chi connectivity index (χ4n) is 3.12. The summed E-state index contributed by atoms with van der Waals surface area (Å²) in [6, 6.07) is 7.30. The van der Waals surface area contributed by atoms with Gasteiger partial charge in [-0.15, -0.1) is 5.10 Å². The summed E-state index contributed by atoms with van der Waals surface area (Å²) in [6.45, 7) is 5.30. The van der Waals surface area contributed by atoms with Gasteiger partial charge in [-0.25, -0.2) is 0 Å². The third-order valence-electron chi connectivity index (χ3n) is 4.90. The molecule has 0 aliphatic carbocycles. The SMILES string of the molecule is Cc1ccccc1NC(=O)C(=O)NCC1CCN(C(=O)c2snnc2C)CC1. The summed E-state index contributed by atoms with van der Waals surface area (Å²) in [5.41, 5.74) is 2.18. The lowest BCUT2D eigenvalue weighted by Crippen LogP contribution is -2.43. The summed E-state index contributed by atoms with van der Waals surface area (Å²) >= 11 is 1.12. The van der Waals surface area contributed by atoms with E-state index in [4.69, 9.17) is 0 Å². The van der Waals surface area contributed by atoms with Crippen LogP contribution in [0.5, 0.6) is 0 Å². The van der Waals surface area contributed by atoms with Crippen molar-refractivity contribution in [2.75, 3.05) is 25.0 Å². The molecule has 1 aliphatic rings. The molecule has 1 aliphatic heterocycles. The van der Waals surface area contributed by atoms with Crippen molar-refractivity contribution in [2.24, 2.45) is 5.92 Å². The van der Waals surface area contributed by atoms with Crippen LogP contribution >= 0.6 is 11.5 Å². The molecule has 3 rings (SSSR count). The van der Waals surface area contributed by atoms with E-state index in [1.165, 1.54) is 0 Å². The van der Waals surface area contributed by atoms with Gasteiger partial charge in [0.2, 0.25) is 0 Å². The molecular formula is C19H23N5O3S. The Hall–Kier alpha value is -2.81. The van der Waals surface area contributed by atoms with Crippen LogP contribution in [0.4, 0.5) is 5.69 Å². The predicted molar refractivity (Wildman–Crippen MR) is 106 cm³/mol. The normalized spacial score (nSPS) is 14.6. The molecule has 9 heteroatoms. The predicted octanol–water partition coefficient (Wildman–Crippen LogP) is 1.76. The van der Waals surface area contributed by atoms with Crippen LogP contribution in [0.15, 0.2) is 24.3 Å². The highest BCUT2D eigenvalue weighted by Gasteiger charge is 2.26. The highest BCUT2D eigenvalue weighted by Crippen LogP contribution is 2.20. The first-order chi connectivity index (χ1) is 13.5. The van der Waals surface area contributed by atoms with Crippen LogP contribution in [-0.4, -0.2) is 51.8 Å². The van der Waals surface area contributed by atoms with Crippen LogP contribution in [0.25, 0.3) is 0 Å². The lowest BCUT2D eigenvalue weighted by Gasteiger charge is -2.31. The zero-order chi connectivity index (χ0) is 20.1. The molecule has 148 valence electrons. The minimum absolute atomic E-state index is 0.0346. The number of benzene rings is 1. The Morgan fingerprint density at radius 3 is 2.50 bits per heavy atom. The van der Waals surface area contributed by atoms with E-state index in [-0.39, 0.29) is 11.8 Å². The molecule has 0 spiro atoms. The number of nitrogens with zero attached hydrogens (tertiary/aromatic N) is 3. The molecule has 8 nitrogen and oxygen atoms in total. The van der Waals surface area contributed by atoms with Crippen LogP contribution in [0, 0.1) is 19.8 Å². The molecule has 1 aromatic carbocycles. The average molecular weight is 401 g/mol.